The zero-order chi connectivity index (χ0) is 17.8. The zero-order valence-corrected chi connectivity index (χ0v) is 14.7. The lowest BCUT2D eigenvalue weighted by atomic mass is 9.89. The smallest absolute Gasteiger partial charge is 0.181 e. The molecule has 0 spiro atoms. The number of aromatic amines is 1. The third-order valence-electron chi connectivity index (χ3n) is 5.01. The molecule has 136 valence electrons. The molecule has 3 heterocycles. The van der Waals surface area contributed by atoms with E-state index < -0.39 is 0 Å². The summed E-state index contributed by atoms with van der Waals surface area (Å²) < 4.78 is 8.17. The molecule has 1 aromatic carbocycles. The van der Waals surface area contributed by atoms with E-state index in [0.29, 0.717) is 24.1 Å². The van der Waals surface area contributed by atoms with Gasteiger partial charge in [-0.15, -0.1) is 0 Å². The van der Waals surface area contributed by atoms with Crippen LogP contribution in [0.25, 0.3) is 11.4 Å². The predicted molar refractivity (Wildman–Crippen MR) is 98.0 cm³/mol. The van der Waals surface area contributed by atoms with Crippen molar-refractivity contribution in [1.82, 2.24) is 24.7 Å². The van der Waals surface area contributed by atoms with Gasteiger partial charge < -0.3 is 15.0 Å². The number of rotatable bonds is 6. The average Bonchev–Trinajstić information content (AvgIpc) is 3.38. The van der Waals surface area contributed by atoms with Gasteiger partial charge in [0.25, 0.3) is 0 Å². The highest BCUT2D eigenvalue weighted by Gasteiger charge is 2.24. The van der Waals surface area contributed by atoms with Crippen LogP contribution in [-0.4, -0.2) is 31.3 Å². The molecule has 1 aliphatic rings. The second-order valence-electron chi connectivity index (χ2n) is 6.77. The monoisotopic (exact) mass is 352 g/mol. The van der Waals surface area contributed by atoms with Gasteiger partial charge in [0.15, 0.2) is 5.82 Å². The summed E-state index contributed by atoms with van der Waals surface area (Å²) in [7, 11) is 0. The fourth-order valence-corrected chi connectivity index (χ4v) is 3.47. The third-order valence-corrected chi connectivity index (χ3v) is 5.01. The molecule has 4 rings (SSSR count). The van der Waals surface area contributed by atoms with Crippen molar-refractivity contribution >= 4 is 0 Å². The molecule has 3 N–H and O–H groups in total. The quantitative estimate of drug-likeness (QED) is 0.711. The molecule has 3 aromatic rings. The van der Waals surface area contributed by atoms with Gasteiger partial charge in [0.2, 0.25) is 0 Å². The minimum Gasteiger partial charge on any atom is -0.374 e. The molecule has 0 radical (unpaired) electrons. The van der Waals surface area contributed by atoms with Crippen LogP contribution >= 0.6 is 0 Å². The Morgan fingerprint density at radius 1 is 1.27 bits per heavy atom. The molecule has 7 nitrogen and oxygen atoms in total. The van der Waals surface area contributed by atoms with Gasteiger partial charge in [0, 0.05) is 31.1 Å². The Bertz CT molecular complexity index is 811. The number of hydrogen-bond donors (Lipinski definition) is 2. The first-order valence-electron chi connectivity index (χ1n) is 9.11. The molecule has 1 aliphatic heterocycles. The Labute approximate surface area is 152 Å². The molecule has 0 amide bonds. The topological polar surface area (TPSA) is 94.6 Å². The lowest BCUT2D eigenvalue weighted by Gasteiger charge is -2.30. The average molecular weight is 352 g/mol. The molecule has 2 atom stereocenters. The number of imidazole rings is 1. The third kappa shape index (κ3) is 3.84. The van der Waals surface area contributed by atoms with Gasteiger partial charge in [-0.25, -0.2) is 9.97 Å². The molecule has 2 unspecified atom stereocenters. The lowest BCUT2D eigenvalue weighted by Crippen LogP contribution is -2.21. The van der Waals surface area contributed by atoms with Crippen LogP contribution in [0.3, 0.4) is 0 Å². The molecule has 1 saturated heterocycles. The van der Waals surface area contributed by atoms with E-state index in [9.17, 15) is 0 Å². The summed E-state index contributed by atoms with van der Waals surface area (Å²) in [6.45, 7) is 2.20. The number of nitrogens with two attached hydrogens (primary N) is 1. The maximum Gasteiger partial charge on any atom is 0.181 e. The number of aryl methyl sites for hydroxylation is 1. The van der Waals surface area contributed by atoms with Crippen LogP contribution in [-0.2, 0) is 17.8 Å². The summed E-state index contributed by atoms with van der Waals surface area (Å²) in [6, 6.07) is 8.35. The fraction of sp³-hybridized carbons (Fsp3) is 0.421. The number of aromatic nitrogens is 5. The molecule has 0 bridgehead atoms. The van der Waals surface area contributed by atoms with Crippen LogP contribution in [0, 0.1) is 5.92 Å². The number of benzene rings is 1. The maximum atomic E-state index is 6.03. The van der Waals surface area contributed by atoms with Gasteiger partial charge in [-0.2, -0.15) is 5.10 Å². The van der Waals surface area contributed by atoms with Crippen molar-refractivity contribution in [3.8, 4) is 11.4 Å². The SMILES string of the molecule is NCc1nc(-c2ccc(C3CC(CCn4ccnc4)CCO3)cc2)n[nH]1. The summed E-state index contributed by atoms with van der Waals surface area (Å²) in [6.07, 6.45) is 9.25. The van der Waals surface area contributed by atoms with Crippen LogP contribution in [0.15, 0.2) is 43.0 Å². The van der Waals surface area contributed by atoms with E-state index >= 15 is 0 Å². The molecule has 2 aromatic heterocycles. The molecular weight excluding hydrogens is 328 g/mol. The Morgan fingerprint density at radius 3 is 2.88 bits per heavy atom. The summed E-state index contributed by atoms with van der Waals surface area (Å²) in [5, 5.41) is 7.05. The highest BCUT2D eigenvalue weighted by molar-refractivity contribution is 5.55. The van der Waals surface area contributed by atoms with Crippen LogP contribution in [0.5, 0.6) is 0 Å². The number of hydrogen-bond acceptors (Lipinski definition) is 5. The Balaban J connectivity index is 1.38. The van der Waals surface area contributed by atoms with Gasteiger partial charge in [-0.05, 0) is 30.7 Å². The lowest BCUT2D eigenvalue weighted by molar-refractivity contribution is -0.0128. The minimum atomic E-state index is 0.164. The molecule has 1 fully saturated rings. The standard InChI is InChI=1S/C19H24N6O/c20-12-18-22-19(24-23-18)16-3-1-15(2-4-16)17-11-14(6-10-26-17)5-8-25-9-7-21-13-25/h1-4,7,9,13-14,17H,5-6,8,10-12,20H2,(H,22,23,24). The number of ether oxygens (including phenoxy) is 1. The fourth-order valence-electron chi connectivity index (χ4n) is 3.47. The first-order valence-corrected chi connectivity index (χ1v) is 9.11. The van der Waals surface area contributed by atoms with E-state index in [0.717, 1.165) is 38.0 Å². The second-order valence-corrected chi connectivity index (χ2v) is 6.77. The van der Waals surface area contributed by atoms with E-state index in [1.54, 1.807) is 0 Å². The van der Waals surface area contributed by atoms with Crippen LogP contribution < -0.4 is 5.73 Å². The number of nitrogens with one attached hydrogen (secondary N) is 1. The van der Waals surface area contributed by atoms with E-state index in [1.165, 1.54) is 5.56 Å². The normalized spacial score (nSPS) is 20.3. The van der Waals surface area contributed by atoms with Crippen molar-refractivity contribution in [3.63, 3.8) is 0 Å². The molecule has 0 saturated carbocycles. The van der Waals surface area contributed by atoms with Gasteiger partial charge in [0.05, 0.1) is 19.0 Å². The van der Waals surface area contributed by atoms with Crippen LogP contribution in [0.2, 0.25) is 0 Å². The van der Waals surface area contributed by atoms with Gasteiger partial charge >= 0.3 is 0 Å². The molecule has 0 aliphatic carbocycles. The van der Waals surface area contributed by atoms with Crippen molar-refractivity contribution in [2.24, 2.45) is 11.7 Å². The van der Waals surface area contributed by atoms with Crippen molar-refractivity contribution in [2.75, 3.05) is 6.61 Å². The minimum absolute atomic E-state index is 0.164. The summed E-state index contributed by atoms with van der Waals surface area (Å²) in [5.74, 6) is 2.05. The second kappa shape index (κ2) is 7.80. The van der Waals surface area contributed by atoms with E-state index in [-0.39, 0.29) is 6.10 Å². The van der Waals surface area contributed by atoms with E-state index in [1.807, 2.05) is 18.7 Å². The van der Waals surface area contributed by atoms with Crippen molar-refractivity contribution < 1.29 is 4.74 Å². The van der Waals surface area contributed by atoms with Gasteiger partial charge in [-0.3, -0.25) is 5.10 Å². The summed E-state index contributed by atoms with van der Waals surface area (Å²) >= 11 is 0. The Morgan fingerprint density at radius 2 is 2.15 bits per heavy atom. The molecule has 7 heteroatoms. The number of H-pyrrole nitrogens is 1. The predicted octanol–water partition coefficient (Wildman–Crippen LogP) is 2.68. The summed E-state index contributed by atoms with van der Waals surface area (Å²) in [5.41, 5.74) is 7.78. The maximum absolute atomic E-state index is 6.03. The molecular formula is C19H24N6O. The van der Waals surface area contributed by atoms with E-state index in [4.69, 9.17) is 10.5 Å². The number of nitrogens with zero attached hydrogens (tertiary/aromatic N) is 4. The first-order chi connectivity index (χ1) is 12.8. The Hall–Kier alpha value is -2.51. The van der Waals surface area contributed by atoms with Gasteiger partial charge in [0.1, 0.15) is 5.82 Å². The van der Waals surface area contributed by atoms with Crippen molar-refractivity contribution in [3.05, 3.63) is 54.4 Å². The van der Waals surface area contributed by atoms with Crippen molar-refractivity contribution in [1.29, 1.82) is 0 Å². The summed E-state index contributed by atoms with van der Waals surface area (Å²) in [4.78, 5) is 8.48. The van der Waals surface area contributed by atoms with Gasteiger partial charge in [-0.1, -0.05) is 24.3 Å². The Kier molecular flexibility index (Phi) is 5.08. The molecule has 26 heavy (non-hydrogen) atoms. The highest BCUT2D eigenvalue weighted by atomic mass is 16.5. The highest BCUT2D eigenvalue weighted by Crippen LogP contribution is 2.34. The van der Waals surface area contributed by atoms with E-state index in [2.05, 4.69) is 49.0 Å². The van der Waals surface area contributed by atoms with Crippen LogP contribution in [0.1, 0.15) is 36.8 Å². The van der Waals surface area contributed by atoms with Crippen molar-refractivity contribution in [2.45, 2.75) is 38.5 Å². The first kappa shape index (κ1) is 16.9. The zero-order valence-electron chi connectivity index (χ0n) is 14.7. The largest absolute Gasteiger partial charge is 0.374 e. The van der Waals surface area contributed by atoms with Crippen LogP contribution in [0.4, 0.5) is 0 Å².